The summed E-state index contributed by atoms with van der Waals surface area (Å²) in [6.45, 7) is 0. The SMILES string of the molecule is O=C(O)c1c(F)ccc2ccc3ccccc3c12.O[B]O. The van der Waals surface area contributed by atoms with E-state index in [4.69, 9.17) is 10.0 Å². The maximum absolute atomic E-state index is 13.7. The Kier molecular flexibility index (Phi) is 4.52. The zero-order chi connectivity index (χ0) is 15.4. The number of hydrogen-bond donors (Lipinski definition) is 3. The van der Waals surface area contributed by atoms with Crippen LogP contribution in [-0.2, 0) is 0 Å². The molecule has 3 rings (SSSR count). The quantitative estimate of drug-likeness (QED) is 0.473. The molecule has 0 spiro atoms. The highest BCUT2D eigenvalue weighted by Gasteiger charge is 2.16. The molecule has 105 valence electrons. The van der Waals surface area contributed by atoms with Crippen LogP contribution in [0.1, 0.15) is 10.4 Å². The molecular formula is C15H11BFO4. The van der Waals surface area contributed by atoms with Crippen LogP contribution in [0.15, 0.2) is 48.5 Å². The number of fused-ring (bicyclic) bond motifs is 3. The van der Waals surface area contributed by atoms with E-state index in [1.807, 2.05) is 36.4 Å². The van der Waals surface area contributed by atoms with Crippen LogP contribution in [-0.4, -0.2) is 28.8 Å². The minimum atomic E-state index is -1.24. The zero-order valence-corrected chi connectivity index (χ0v) is 10.8. The van der Waals surface area contributed by atoms with Crippen molar-refractivity contribution in [3.8, 4) is 0 Å². The maximum Gasteiger partial charge on any atom is 0.482 e. The Morgan fingerprint density at radius 3 is 2.19 bits per heavy atom. The number of aromatic carboxylic acids is 1. The van der Waals surface area contributed by atoms with E-state index in [-0.39, 0.29) is 13.2 Å². The third kappa shape index (κ3) is 2.86. The molecule has 3 aromatic rings. The van der Waals surface area contributed by atoms with Gasteiger partial charge in [-0.25, -0.2) is 9.18 Å². The summed E-state index contributed by atoms with van der Waals surface area (Å²) in [5, 5.41) is 26.0. The summed E-state index contributed by atoms with van der Waals surface area (Å²) in [6.07, 6.45) is 0. The minimum absolute atomic E-state index is 0. The Balaban J connectivity index is 0.000000497. The van der Waals surface area contributed by atoms with Gasteiger partial charge < -0.3 is 15.2 Å². The van der Waals surface area contributed by atoms with Gasteiger partial charge in [-0.2, -0.15) is 0 Å². The van der Waals surface area contributed by atoms with Gasteiger partial charge in [-0.15, -0.1) is 0 Å². The van der Waals surface area contributed by atoms with Crippen molar-refractivity contribution in [2.75, 3.05) is 0 Å². The largest absolute Gasteiger partial charge is 0.482 e. The molecule has 0 bridgehead atoms. The van der Waals surface area contributed by atoms with Gasteiger partial charge in [0.1, 0.15) is 11.4 Å². The summed E-state index contributed by atoms with van der Waals surface area (Å²) < 4.78 is 13.7. The minimum Gasteiger partial charge on any atom is -0.478 e. The molecule has 4 nitrogen and oxygen atoms in total. The van der Waals surface area contributed by atoms with Gasteiger partial charge in [-0.3, -0.25) is 0 Å². The van der Waals surface area contributed by atoms with Gasteiger partial charge in [-0.05, 0) is 22.2 Å². The Morgan fingerprint density at radius 1 is 0.952 bits per heavy atom. The average molecular weight is 285 g/mol. The normalized spacial score (nSPS) is 10.0. The molecule has 0 aliphatic heterocycles. The van der Waals surface area contributed by atoms with Crippen molar-refractivity contribution in [2.45, 2.75) is 0 Å². The third-order valence-corrected chi connectivity index (χ3v) is 3.07. The standard InChI is InChI=1S/C15H9FO2.BH2O2/c16-12-8-7-10-6-5-9-3-1-2-4-11(9)13(10)14(12)15(17)18;2-1-3/h1-8H,(H,17,18);2-3H. The van der Waals surface area contributed by atoms with Crippen LogP contribution in [0.25, 0.3) is 21.5 Å². The van der Waals surface area contributed by atoms with Crippen LogP contribution in [0.2, 0.25) is 0 Å². The van der Waals surface area contributed by atoms with Crippen molar-refractivity contribution in [1.82, 2.24) is 0 Å². The molecule has 6 heteroatoms. The van der Waals surface area contributed by atoms with Crippen LogP contribution in [0.3, 0.4) is 0 Å². The second-order valence-electron chi connectivity index (χ2n) is 4.23. The molecule has 0 heterocycles. The molecule has 0 fully saturated rings. The van der Waals surface area contributed by atoms with Crippen LogP contribution in [0.5, 0.6) is 0 Å². The van der Waals surface area contributed by atoms with E-state index in [1.54, 1.807) is 6.07 Å². The van der Waals surface area contributed by atoms with E-state index >= 15 is 0 Å². The van der Waals surface area contributed by atoms with Crippen molar-refractivity contribution in [2.24, 2.45) is 0 Å². The number of carbonyl (C=O) groups is 1. The molecule has 3 N–H and O–H groups in total. The summed E-state index contributed by atoms with van der Waals surface area (Å²) in [6, 6.07) is 13.9. The average Bonchev–Trinajstić information content (AvgIpc) is 2.47. The lowest BCUT2D eigenvalue weighted by Crippen LogP contribution is -2.02. The number of carboxylic acid groups (broad SMARTS) is 1. The zero-order valence-electron chi connectivity index (χ0n) is 10.8. The van der Waals surface area contributed by atoms with Gasteiger partial charge in [0.2, 0.25) is 0 Å². The molecule has 0 saturated heterocycles. The predicted octanol–water partition coefficient (Wildman–Crippen LogP) is 2.34. The lowest BCUT2D eigenvalue weighted by molar-refractivity contribution is 0.0694. The maximum atomic E-state index is 13.7. The first-order valence-corrected chi connectivity index (χ1v) is 6.03. The number of benzene rings is 3. The fourth-order valence-electron chi connectivity index (χ4n) is 2.28. The topological polar surface area (TPSA) is 77.8 Å². The highest BCUT2D eigenvalue weighted by atomic mass is 19.1. The second-order valence-corrected chi connectivity index (χ2v) is 4.23. The van der Waals surface area contributed by atoms with Crippen LogP contribution in [0.4, 0.5) is 4.39 Å². The van der Waals surface area contributed by atoms with E-state index < -0.39 is 11.8 Å². The summed E-state index contributed by atoms with van der Waals surface area (Å²) in [5.41, 5.74) is -0.260. The van der Waals surface area contributed by atoms with E-state index in [0.717, 1.165) is 16.2 Å². The Hall–Kier alpha value is -2.44. The number of halogens is 1. The van der Waals surface area contributed by atoms with E-state index in [9.17, 15) is 14.3 Å². The first-order chi connectivity index (χ1) is 10.1. The highest BCUT2D eigenvalue weighted by Crippen LogP contribution is 2.29. The van der Waals surface area contributed by atoms with Gasteiger partial charge in [0.15, 0.2) is 0 Å². The van der Waals surface area contributed by atoms with Gasteiger partial charge >= 0.3 is 13.7 Å². The van der Waals surface area contributed by atoms with Crippen molar-refractivity contribution >= 4 is 35.2 Å². The molecule has 0 saturated carbocycles. The molecule has 3 aromatic carbocycles. The summed E-state index contributed by atoms with van der Waals surface area (Å²) in [4.78, 5) is 11.2. The number of hydrogen-bond acceptors (Lipinski definition) is 3. The lowest BCUT2D eigenvalue weighted by Gasteiger charge is -2.07. The number of rotatable bonds is 1. The summed E-state index contributed by atoms with van der Waals surface area (Å²) in [5.74, 6) is -1.94. The fraction of sp³-hybridized carbons (Fsp3) is 0. The Labute approximate surface area is 120 Å². The van der Waals surface area contributed by atoms with E-state index in [1.165, 1.54) is 6.07 Å². The van der Waals surface area contributed by atoms with E-state index in [0.29, 0.717) is 5.39 Å². The molecule has 21 heavy (non-hydrogen) atoms. The van der Waals surface area contributed by atoms with Crippen molar-refractivity contribution in [3.05, 3.63) is 59.9 Å². The highest BCUT2D eigenvalue weighted by molar-refractivity contribution is 6.16. The molecule has 0 atom stereocenters. The molecular weight excluding hydrogens is 274 g/mol. The molecule has 0 aliphatic carbocycles. The smallest absolute Gasteiger partial charge is 0.478 e. The van der Waals surface area contributed by atoms with Gasteiger partial charge in [0.25, 0.3) is 0 Å². The first-order valence-electron chi connectivity index (χ1n) is 6.03. The number of carboxylic acids is 1. The summed E-state index contributed by atoms with van der Waals surface area (Å²) in [7, 11) is 0. The molecule has 1 radical (unpaired) electrons. The molecule has 0 unspecified atom stereocenters. The fourth-order valence-corrected chi connectivity index (χ4v) is 2.28. The van der Waals surface area contributed by atoms with Crippen molar-refractivity contribution in [1.29, 1.82) is 0 Å². The lowest BCUT2D eigenvalue weighted by atomic mass is 9.97. The van der Waals surface area contributed by atoms with E-state index in [2.05, 4.69) is 0 Å². The molecule has 0 aromatic heterocycles. The van der Waals surface area contributed by atoms with Crippen LogP contribution < -0.4 is 0 Å². The predicted molar refractivity (Wildman–Crippen MR) is 78.6 cm³/mol. The monoisotopic (exact) mass is 285 g/mol. The van der Waals surface area contributed by atoms with Gasteiger partial charge in [0, 0.05) is 5.39 Å². The van der Waals surface area contributed by atoms with Crippen LogP contribution in [0, 0.1) is 5.82 Å². The van der Waals surface area contributed by atoms with Crippen molar-refractivity contribution < 1.29 is 24.3 Å². The Morgan fingerprint density at radius 2 is 1.52 bits per heavy atom. The Bertz CT molecular complexity index is 804. The second kappa shape index (κ2) is 6.34. The molecule has 0 amide bonds. The van der Waals surface area contributed by atoms with Crippen molar-refractivity contribution in [3.63, 3.8) is 0 Å². The van der Waals surface area contributed by atoms with Gasteiger partial charge in [-0.1, -0.05) is 42.5 Å². The summed E-state index contributed by atoms with van der Waals surface area (Å²) >= 11 is 0. The van der Waals surface area contributed by atoms with Gasteiger partial charge in [0.05, 0.1) is 0 Å². The van der Waals surface area contributed by atoms with Crippen LogP contribution >= 0.6 is 0 Å². The molecule has 0 aliphatic rings. The first kappa shape index (κ1) is 15.0. The third-order valence-electron chi connectivity index (χ3n) is 3.07.